The van der Waals surface area contributed by atoms with Gasteiger partial charge in [0, 0.05) is 32.8 Å². The van der Waals surface area contributed by atoms with Gasteiger partial charge < -0.3 is 0 Å². The van der Waals surface area contributed by atoms with Gasteiger partial charge in [0.05, 0.1) is 5.56 Å². The SMILES string of the molecule is [2H]C([2H])([2H])c1cc(C)cc(-c2c(-c3ccccc3)c3n([n+]2C)-c2c(C)cccc2C(C([2H])([2H])[2H])(C([2H])([2H])[2H])C3(C)C([2H])([2H])[2H])c1. The highest BCUT2D eigenvalue weighted by molar-refractivity contribution is 5.83. The lowest BCUT2D eigenvalue weighted by Crippen LogP contribution is -2.51. The highest BCUT2D eigenvalue weighted by Gasteiger charge is 2.52. The number of nitrogens with zero attached hydrogens (tertiary/aromatic N) is 2. The number of hydrogen-bond donors (Lipinski definition) is 0. The summed E-state index contributed by atoms with van der Waals surface area (Å²) in [7, 11) is 1.69. The zero-order chi connectivity index (χ0) is 33.7. The molecule has 2 nitrogen and oxygen atoms in total. The first-order valence-electron chi connectivity index (χ1n) is 17.0. The summed E-state index contributed by atoms with van der Waals surface area (Å²) in [4.78, 5) is 0. The van der Waals surface area contributed by atoms with Crippen LogP contribution in [0.1, 0.15) is 71.9 Å². The zero-order valence-electron chi connectivity index (χ0n) is 31.2. The van der Waals surface area contributed by atoms with Crippen LogP contribution in [0.5, 0.6) is 0 Å². The average Bonchev–Trinajstić information content (AvgIpc) is 3.19. The first-order valence-corrected chi connectivity index (χ1v) is 11.0. The van der Waals surface area contributed by atoms with Gasteiger partial charge in [-0.15, -0.1) is 9.36 Å². The van der Waals surface area contributed by atoms with E-state index in [-0.39, 0.29) is 22.5 Å². The Morgan fingerprint density at radius 1 is 0.818 bits per heavy atom. The Labute approximate surface area is 215 Å². The van der Waals surface area contributed by atoms with Crippen LogP contribution in [0.15, 0.2) is 66.7 Å². The molecule has 168 valence electrons. The molecule has 1 atom stereocenters. The minimum absolute atomic E-state index is 0.00260. The van der Waals surface area contributed by atoms with E-state index >= 15 is 0 Å². The summed E-state index contributed by atoms with van der Waals surface area (Å²) in [5.41, 5.74) is -2.27. The maximum atomic E-state index is 8.99. The van der Waals surface area contributed by atoms with E-state index in [1.165, 1.54) is 19.1 Å². The van der Waals surface area contributed by atoms with Crippen LogP contribution in [0.4, 0.5) is 0 Å². The number of fused-ring (bicyclic) bond motifs is 3. The molecule has 33 heavy (non-hydrogen) atoms. The number of aryl methyl sites for hydroxylation is 3. The lowest BCUT2D eigenvalue weighted by Gasteiger charge is -2.46. The van der Waals surface area contributed by atoms with Crippen LogP contribution in [-0.4, -0.2) is 4.68 Å². The van der Waals surface area contributed by atoms with Crippen molar-refractivity contribution >= 4 is 0 Å². The first-order chi connectivity index (χ1) is 20.5. The molecule has 0 N–H and O–H groups in total. The van der Waals surface area contributed by atoms with Crippen LogP contribution in [-0.2, 0) is 17.9 Å². The quantitative estimate of drug-likeness (QED) is 0.289. The van der Waals surface area contributed by atoms with E-state index in [1.54, 1.807) is 84.9 Å². The molecule has 0 radical (unpaired) electrons. The molecule has 0 spiro atoms. The first kappa shape index (κ1) is 11.8. The number of aromatic nitrogens is 2. The molecule has 1 unspecified atom stereocenters. The van der Waals surface area contributed by atoms with Gasteiger partial charge in [0.2, 0.25) is 5.69 Å². The van der Waals surface area contributed by atoms with Gasteiger partial charge in [-0.2, -0.15) is 0 Å². The van der Waals surface area contributed by atoms with Gasteiger partial charge in [-0.25, -0.2) is 0 Å². The van der Waals surface area contributed by atoms with E-state index in [0.717, 1.165) is 0 Å². The molecule has 1 aromatic heterocycles. The van der Waals surface area contributed by atoms with Gasteiger partial charge in [0.15, 0.2) is 7.05 Å². The largest absolute Gasteiger partial charge is 0.246 e. The number of benzene rings is 3. The fourth-order valence-corrected chi connectivity index (χ4v) is 5.17. The van der Waals surface area contributed by atoms with Crippen LogP contribution < -0.4 is 4.68 Å². The Morgan fingerprint density at radius 3 is 2.24 bits per heavy atom. The van der Waals surface area contributed by atoms with Crippen LogP contribution in [0.2, 0.25) is 0 Å². The Hall–Kier alpha value is -3.13. The monoisotopic (exact) mass is 447 g/mol. The molecule has 1 aliphatic rings. The molecule has 4 aromatic rings. The zero-order valence-corrected chi connectivity index (χ0v) is 19.2. The van der Waals surface area contributed by atoms with E-state index in [9.17, 15) is 0 Å². The smallest absolute Gasteiger partial charge is 0.123 e. The van der Waals surface area contributed by atoms with Gasteiger partial charge in [0.1, 0.15) is 11.4 Å². The maximum Gasteiger partial charge on any atom is 0.246 e. The fourth-order valence-electron chi connectivity index (χ4n) is 5.17. The third kappa shape index (κ3) is 2.96. The van der Waals surface area contributed by atoms with Gasteiger partial charge >= 0.3 is 0 Å². The molecule has 2 heteroatoms. The summed E-state index contributed by atoms with van der Waals surface area (Å²) in [6.45, 7) is -7.51. The molecule has 0 saturated heterocycles. The van der Waals surface area contributed by atoms with Crippen LogP contribution >= 0.6 is 0 Å². The van der Waals surface area contributed by atoms with Gasteiger partial charge in [-0.1, -0.05) is 93.2 Å². The summed E-state index contributed by atoms with van der Waals surface area (Å²) in [5, 5.41) is 0. The van der Waals surface area contributed by atoms with Crippen molar-refractivity contribution in [3.05, 3.63) is 94.7 Å². The van der Waals surface area contributed by atoms with Gasteiger partial charge in [-0.05, 0) is 49.5 Å². The van der Waals surface area contributed by atoms with Crippen LogP contribution in [0, 0.1) is 20.7 Å². The van der Waals surface area contributed by atoms with Crippen molar-refractivity contribution in [2.24, 2.45) is 7.05 Å². The third-order valence-corrected chi connectivity index (χ3v) is 6.80. The van der Waals surface area contributed by atoms with Crippen molar-refractivity contribution in [3.8, 4) is 28.1 Å². The average molecular weight is 448 g/mol. The van der Waals surface area contributed by atoms with Crippen molar-refractivity contribution in [2.75, 3.05) is 0 Å². The molecule has 0 saturated carbocycles. The van der Waals surface area contributed by atoms with E-state index in [4.69, 9.17) is 16.4 Å². The highest BCUT2D eigenvalue weighted by Crippen LogP contribution is 2.54. The molecule has 5 rings (SSSR count). The Morgan fingerprint density at radius 2 is 1.55 bits per heavy atom. The lowest BCUT2D eigenvalue weighted by atomic mass is 9.59. The lowest BCUT2D eigenvalue weighted by molar-refractivity contribution is -0.735. The highest BCUT2D eigenvalue weighted by atomic mass is 15.4. The van der Waals surface area contributed by atoms with Crippen molar-refractivity contribution in [2.45, 2.75) is 59.0 Å². The van der Waals surface area contributed by atoms with Gasteiger partial charge in [0.25, 0.3) is 0 Å². The predicted molar refractivity (Wildman–Crippen MR) is 138 cm³/mol. The van der Waals surface area contributed by atoms with E-state index in [2.05, 4.69) is 0 Å². The fraction of sp³-hybridized carbons (Fsp3) is 0.323. The second-order valence-corrected chi connectivity index (χ2v) is 9.21. The molecular formula is C31H35N2+. The van der Waals surface area contributed by atoms with Crippen molar-refractivity contribution in [1.29, 1.82) is 0 Å². The van der Waals surface area contributed by atoms with Gasteiger partial charge in [-0.3, -0.25) is 0 Å². The Bertz CT molecular complexity index is 1780. The standard InChI is InChI=1S/C31H35N2/c1-20-17-21(2)19-24(18-20)28-26(23-14-10-9-11-15-23)29-31(6,7)30(4,5)25-16-12-13-22(3)27(25)33(29)32(28)8/h9-19H,1-8H3/q+1/i1D3,4D3,5D3,6D3. The van der Waals surface area contributed by atoms with E-state index in [0.29, 0.717) is 33.5 Å². The molecule has 0 bridgehead atoms. The molecule has 1 aliphatic heterocycles. The molecule has 0 aliphatic carbocycles. The van der Waals surface area contributed by atoms with Crippen molar-refractivity contribution in [1.82, 2.24) is 4.68 Å². The summed E-state index contributed by atoms with van der Waals surface area (Å²) in [6.07, 6.45) is 0. The van der Waals surface area contributed by atoms with Crippen molar-refractivity contribution < 1.29 is 21.1 Å². The molecule has 3 aromatic carbocycles. The van der Waals surface area contributed by atoms with E-state index < -0.39 is 38.2 Å². The van der Waals surface area contributed by atoms with E-state index in [1.807, 2.05) is 0 Å². The maximum absolute atomic E-state index is 8.99. The third-order valence-electron chi connectivity index (χ3n) is 6.80. The molecule has 0 amide bonds. The summed E-state index contributed by atoms with van der Waals surface area (Å²) < 4.78 is 108. The Kier molecular flexibility index (Phi) is 2.58. The topological polar surface area (TPSA) is 8.81 Å². The van der Waals surface area contributed by atoms with Crippen LogP contribution in [0.3, 0.4) is 0 Å². The molecular weight excluding hydrogens is 400 g/mol. The predicted octanol–water partition coefficient (Wildman–Crippen LogP) is 7.13. The molecule has 2 heterocycles. The second kappa shape index (κ2) is 7.18. The summed E-state index contributed by atoms with van der Waals surface area (Å²) >= 11 is 0. The number of hydrogen-bond acceptors (Lipinski definition) is 0. The second-order valence-electron chi connectivity index (χ2n) is 9.21. The Balaban J connectivity index is 2.16. The minimum atomic E-state index is -3.32. The molecule has 0 fully saturated rings. The minimum Gasteiger partial charge on any atom is -0.123 e. The normalized spacial score (nSPS) is 25.6. The summed E-state index contributed by atoms with van der Waals surface area (Å²) in [6, 6.07) is 18.4. The number of para-hydroxylation sites is 1. The van der Waals surface area contributed by atoms with Crippen LogP contribution in [0.25, 0.3) is 28.1 Å². The number of rotatable bonds is 2. The van der Waals surface area contributed by atoms with Crippen molar-refractivity contribution in [3.63, 3.8) is 0 Å². The summed E-state index contributed by atoms with van der Waals surface area (Å²) in [5.74, 6) is 0.